The predicted molar refractivity (Wildman–Crippen MR) is 84.0 cm³/mol. The van der Waals surface area contributed by atoms with Crippen LogP contribution in [0.15, 0.2) is 42.6 Å². The Morgan fingerprint density at radius 2 is 2.10 bits per heavy atom. The van der Waals surface area contributed by atoms with Crippen LogP contribution in [0.2, 0.25) is 0 Å². The number of hydrogen-bond donors (Lipinski definition) is 1. The van der Waals surface area contributed by atoms with E-state index in [1.807, 2.05) is 40.8 Å². The lowest BCUT2D eigenvalue weighted by Gasteiger charge is -2.25. The van der Waals surface area contributed by atoms with Crippen LogP contribution in [0.3, 0.4) is 0 Å². The fourth-order valence-electron chi connectivity index (χ4n) is 3.15. The smallest absolute Gasteiger partial charge is 0.271 e. The van der Waals surface area contributed by atoms with Gasteiger partial charge in [0.15, 0.2) is 0 Å². The molecular formula is C17H21N3O. The number of aromatic nitrogens is 1. The maximum Gasteiger partial charge on any atom is 0.271 e. The Labute approximate surface area is 125 Å². The first-order chi connectivity index (χ1) is 10.2. The van der Waals surface area contributed by atoms with Gasteiger partial charge in [-0.25, -0.2) is 0 Å². The SMILES string of the molecule is CCn1cc(N)cc1C(=O)N1CCCC1c1ccccc1. The van der Waals surface area contributed by atoms with Crippen LogP contribution < -0.4 is 5.73 Å². The minimum absolute atomic E-state index is 0.0832. The summed E-state index contributed by atoms with van der Waals surface area (Å²) in [7, 11) is 0. The van der Waals surface area contributed by atoms with Crippen molar-refractivity contribution in [2.75, 3.05) is 12.3 Å². The number of carbonyl (C=O) groups excluding carboxylic acids is 1. The van der Waals surface area contributed by atoms with Gasteiger partial charge in [-0.05, 0) is 31.4 Å². The highest BCUT2D eigenvalue weighted by molar-refractivity contribution is 5.94. The minimum atomic E-state index is 0.0832. The molecule has 1 amide bonds. The molecule has 2 aromatic rings. The molecule has 4 heteroatoms. The van der Waals surface area contributed by atoms with Crippen molar-refractivity contribution in [3.8, 4) is 0 Å². The molecular weight excluding hydrogens is 262 g/mol. The van der Waals surface area contributed by atoms with Crippen molar-refractivity contribution in [1.29, 1.82) is 0 Å². The fraction of sp³-hybridized carbons (Fsp3) is 0.353. The first kappa shape index (κ1) is 13.7. The largest absolute Gasteiger partial charge is 0.397 e. The Morgan fingerprint density at radius 1 is 1.33 bits per heavy atom. The number of nitrogen functional groups attached to an aromatic ring is 1. The van der Waals surface area contributed by atoms with Crippen LogP contribution in [0.4, 0.5) is 5.69 Å². The Balaban J connectivity index is 1.90. The molecule has 0 aliphatic carbocycles. The van der Waals surface area contributed by atoms with Crippen LogP contribution >= 0.6 is 0 Å². The Kier molecular flexibility index (Phi) is 3.69. The molecule has 1 atom stereocenters. The molecule has 110 valence electrons. The summed E-state index contributed by atoms with van der Waals surface area (Å²) < 4.78 is 1.93. The molecule has 2 heterocycles. The van der Waals surface area contributed by atoms with E-state index in [0.29, 0.717) is 11.4 Å². The molecule has 0 spiro atoms. The monoisotopic (exact) mass is 283 g/mol. The second-order valence-electron chi connectivity index (χ2n) is 5.51. The second-order valence-corrected chi connectivity index (χ2v) is 5.51. The first-order valence-corrected chi connectivity index (χ1v) is 7.52. The third-order valence-corrected chi connectivity index (χ3v) is 4.18. The number of hydrogen-bond acceptors (Lipinski definition) is 2. The van der Waals surface area contributed by atoms with Gasteiger partial charge in [-0.2, -0.15) is 0 Å². The van der Waals surface area contributed by atoms with Gasteiger partial charge in [-0.15, -0.1) is 0 Å². The van der Waals surface area contributed by atoms with Gasteiger partial charge in [0.05, 0.1) is 11.7 Å². The molecule has 1 aliphatic heterocycles. The Bertz CT molecular complexity index is 633. The molecule has 0 radical (unpaired) electrons. The van der Waals surface area contributed by atoms with Gasteiger partial charge in [0.25, 0.3) is 5.91 Å². The lowest BCUT2D eigenvalue weighted by molar-refractivity contribution is 0.0725. The third kappa shape index (κ3) is 2.53. The number of likely N-dealkylation sites (tertiary alicyclic amines) is 1. The topological polar surface area (TPSA) is 51.3 Å². The van der Waals surface area contributed by atoms with E-state index in [9.17, 15) is 4.79 Å². The summed E-state index contributed by atoms with van der Waals surface area (Å²) in [5, 5.41) is 0. The Morgan fingerprint density at radius 3 is 2.81 bits per heavy atom. The average Bonchev–Trinajstić information content (AvgIpc) is 3.13. The van der Waals surface area contributed by atoms with Gasteiger partial charge in [-0.1, -0.05) is 30.3 Å². The van der Waals surface area contributed by atoms with Gasteiger partial charge in [0.2, 0.25) is 0 Å². The Hall–Kier alpha value is -2.23. The van der Waals surface area contributed by atoms with Crippen molar-refractivity contribution in [3.05, 3.63) is 53.9 Å². The molecule has 3 rings (SSSR count). The molecule has 1 aromatic heterocycles. The fourth-order valence-corrected chi connectivity index (χ4v) is 3.15. The molecule has 0 bridgehead atoms. The maximum absolute atomic E-state index is 12.9. The number of nitrogens with zero attached hydrogens (tertiary/aromatic N) is 2. The van der Waals surface area contributed by atoms with Crippen molar-refractivity contribution in [2.24, 2.45) is 0 Å². The minimum Gasteiger partial charge on any atom is -0.397 e. The van der Waals surface area contributed by atoms with Gasteiger partial charge in [0, 0.05) is 19.3 Å². The van der Waals surface area contributed by atoms with E-state index in [1.54, 1.807) is 6.07 Å². The molecule has 1 unspecified atom stereocenters. The number of benzene rings is 1. The molecule has 1 fully saturated rings. The number of amides is 1. The molecule has 1 aliphatic rings. The van der Waals surface area contributed by atoms with Crippen molar-refractivity contribution in [1.82, 2.24) is 9.47 Å². The quantitative estimate of drug-likeness (QED) is 0.941. The van der Waals surface area contributed by atoms with E-state index in [2.05, 4.69) is 12.1 Å². The zero-order valence-electron chi connectivity index (χ0n) is 12.3. The zero-order chi connectivity index (χ0) is 14.8. The summed E-state index contributed by atoms with van der Waals surface area (Å²) in [6.45, 7) is 3.59. The van der Waals surface area contributed by atoms with Crippen LogP contribution in [-0.4, -0.2) is 21.9 Å². The number of nitrogens with two attached hydrogens (primary N) is 1. The molecule has 4 nitrogen and oxygen atoms in total. The van der Waals surface area contributed by atoms with Crippen molar-refractivity contribution >= 4 is 11.6 Å². The van der Waals surface area contributed by atoms with Crippen molar-refractivity contribution in [2.45, 2.75) is 32.4 Å². The van der Waals surface area contributed by atoms with Crippen LogP contribution in [0, 0.1) is 0 Å². The molecule has 0 saturated carbocycles. The summed E-state index contributed by atoms with van der Waals surface area (Å²) in [5.74, 6) is 0.0832. The van der Waals surface area contributed by atoms with E-state index in [4.69, 9.17) is 5.73 Å². The summed E-state index contributed by atoms with van der Waals surface area (Å²) in [6.07, 6.45) is 3.91. The highest BCUT2D eigenvalue weighted by Crippen LogP contribution is 2.33. The zero-order valence-corrected chi connectivity index (χ0v) is 12.3. The molecule has 21 heavy (non-hydrogen) atoms. The van der Waals surface area contributed by atoms with Crippen molar-refractivity contribution in [3.63, 3.8) is 0 Å². The second kappa shape index (κ2) is 5.64. The molecule has 1 saturated heterocycles. The van der Waals surface area contributed by atoms with E-state index in [0.717, 1.165) is 25.9 Å². The van der Waals surface area contributed by atoms with Crippen molar-refractivity contribution < 1.29 is 4.79 Å². The number of aryl methyl sites for hydroxylation is 1. The molecule has 2 N–H and O–H groups in total. The van der Waals surface area contributed by atoms with Gasteiger partial charge in [0.1, 0.15) is 5.69 Å². The predicted octanol–water partition coefficient (Wildman–Crippen LogP) is 3.07. The average molecular weight is 283 g/mol. The summed E-state index contributed by atoms with van der Waals surface area (Å²) in [5.41, 5.74) is 8.40. The number of carbonyl (C=O) groups is 1. The molecule has 1 aromatic carbocycles. The lowest BCUT2D eigenvalue weighted by atomic mass is 10.0. The summed E-state index contributed by atoms with van der Waals surface area (Å²) in [6, 6.07) is 12.2. The standard InChI is InChI=1S/C17H21N3O/c1-2-19-12-14(18)11-16(19)17(21)20-10-6-9-15(20)13-7-4-3-5-8-13/h3-5,7-8,11-12,15H,2,6,9-10,18H2,1H3. The number of rotatable bonds is 3. The summed E-state index contributed by atoms with van der Waals surface area (Å²) >= 11 is 0. The van der Waals surface area contributed by atoms with Gasteiger partial charge in [-0.3, -0.25) is 4.79 Å². The lowest BCUT2D eigenvalue weighted by Crippen LogP contribution is -2.32. The van der Waals surface area contributed by atoms with Crippen LogP contribution in [0.25, 0.3) is 0 Å². The maximum atomic E-state index is 12.9. The third-order valence-electron chi connectivity index (χ3n) is 4.18. The first-order valence-electron chi connectivity index (χ1n) is 7.52. The van der Waals surface area contributed by atoms with Crippen LogP contribution in [0.5, 0.6) is 0 Å². The van der Waals surface area contributed by atoms with E-state index < -0.39 is 0 Å². The van der Waals surface area contributed by atoms with E-state index in [-0.39, 0.29) is 11.9 Å². The van der Waals surface area contributed by atoms with Crippen LogP contribution in [-0.2, 0) is 6.54 Å². The summed E-state index contributed by atoms with van der Waals surface area (Å²) in [4.78, 5) is 14.9. The number of anilines is 1. The van der Waals surface area contributed by atoms with E-state index in [1.165, 1.54) is 5.56 Å². The van der Waals surface area contributed by atoms with Gasteiger partial charge < -0.3 is 15.2 Å². The van der Waals surface area contributed by atoms with Gasteiger partial charge >= 0.3 is 0 Å². The van der Waals surface area contributed by atoms with E-state index >= 15 is 0 Å². The van der Waals surface area contributed by atoms with Crippen LogP contribution in [0.1, 0.15) is 41.9 Å². The highest BCUT2D eigenvalue weighted by atomic mass is 16.2. The highest BCUT2D eigenvalue weighted by Gasteiger charge is 2.31. The normalized spacial score (nSPS) is 18.1.